The van der Waals surface area contributed by atoms with Gasteiger partial charge in [0.05, 0.1) is 13.0 Å². The van der Waals surface area contributed by atoms with Crippen LogP contribution in [-0.4, -0.2) is 17.7 Å². The van der Waals surface area contributed by atoms with Crippen LogP contribution in [-0.2, 0) is 21.4 Å². The number of ether oxygens (including phenoxy) is 1. The summed E-state index contributed by atoms with van der Waals surface area (Å²) >= 11 is 0. The van der Waals surface area contributed by atoms with E-state index in [1.165, 1.54) is 89.9 Å². The van der Waals surface area contributed by atoms with Crippen LogP contribution < -0.4 is 0 Å². The highest BCUT2D eigenvalue weighted by atomic mass is 16.5. The Balaban J connectivity index is 1.99. The first kappa shape index (κ1) is 30.5. The molecule has 0 saturated heterocycles. The molecular weight excluding hydrogens is 420 g/mol. The first-order valence-corrected chi connectivity index (χ1v) is 14.2. The van der Waals surface area contributed by atoms with Gasteiger partial charge < -0.3 is 9.84 Å². The minimum atomic E-state index is -0.202. The van der Waals surface area contributed by atoms with Crippen molar-refractivity contribution >= 4 is 5.97 Å². The zero-order valence-corrected chi connectivity index (χ0v) is 23.1. The van der Waals surface area contributed by atoms with Gasteiger partial charge in [0.2, 0.25) is 0 Å². The second-order valence-corrected chi connectivity index (χ2v) is 11.2. The summed E-state index contributed by atoms with van der Waals surface area (Å²) in [6.45, 7) is 11.0. The maximum Gasteiger partial charge on any atom is 0.310 e. The zero-order valence-electron chi connectivity index (χ0n) is 23.1. The Morgan fingerprint density at radius 2 is 1.21 bits per heavy atom. The van der Waals surface area contributed by atoms with Crippen LogP contribution in [0.3, 0.4) is 0 Å². The molecule has 0 aliphatic rings. The van der Waals surface area contributed by atoms with E-state index in [4.69, 9.17) is 4.74 Å². The number of aryl methyl sites for hydroxylation is 1. The lowest BCUT2D eigenvalue weighted by Gasteiger charge is -2.22. The fraction of sp³-hybridized carbons (Fsp3) is 0.774. The summed E-state index contributed by atoms with van der Waals surface area (Å²) < 4.78 is 5.44. The number of carbonyl (C=O) groups is 1. The predicted molar refractivity (Wildman–Crippen MR) is 146 cm³/mol. The van der Waals surface area contributed by atoms with E-state index in [0.29, 0.717) is 6.61 Å². The zero-order chi connectivity index (χ0) is 25.2. The molecule has 0 fully saturated rings. The molecule has 0 bridgehead atoms. The molecule has 0 aromatic heterocycles. The average Bonchev–Trinajstić information content (AvgIpc) is 2.77. The Labute approximate surface area is 211 Å². The topological polar surface area (TPSA) is 46.5 Å². The minimum absolute atomic E-state index is 0.124. The molecule has 0 atom stereocenters. The molecule has 1 aromatic carbocycles. The van der Waals surface area contributed by atoms with Crippen molar-refractivity contribution in [3.05, 3.63) is 28.8 Å². The van der Waals surface area contributed by atoms with E-state index in [1.54, 1.807) is 6.07 Å². The second kappa shape index (κ2) is 17.9. The standard InChI is InChI=1S/C31H54O3/c1-6-7-8-9-10-11-12-13-14-15-16-17-18-19-20-21-22-34-30(33)25-27-24-29(32)28(23-26(27)2)31(3,4)5/h23-24,32H,6-22,25H2,1-5H3. The molecule has 0 heterocycles. The number of phenolic OH excluding ortho intramolecular Hbond substituents is 1. The summed E-state index contributed by atoms with van der Waals surface area (Å²) in [5.41, 5.74) is 2.67. The first-order valence-electron chi connectivity index (χ1n) is 14.2. The molecule has 196 valence electrons. The van der Waals surface area contributed by atoms with Crippen molar-refractivity contribution in [1.29, 1.82) is 0 Å². The van der Waals surface area contributed by atoms with Crippen LogP contribution in [0.5, 0.6) is 5.75 Å². The van der Waals surface area contributed by atoms with Crippen molar-refractivity contribution in [3.8, 4) is 5.75 Å². The van der Waals surface area contributed by atoms with E-state index in [2.05, 4.69) is 27.7 Å². The lowest BCUT2D eigenvalue weighted by molar-refractivity contribution is -0.142. The Bertz CT molecular complexity index is 672. The molecule has 0 amide bonds. The van der Waals surface area contributed by atoms with E-state index in [0.717, 1.165) is 29.5 Å². The summed E-state index contributed by atoms with van der Waals surface area (Å²) in [7, 11) is 0. The Morgan fingerprint density at radius 3 is 1.65 bits per heavy atom. The number of esters is 1. The van der Waals surface area contributed by atoms with E-state index in [9.17, 15) is 9.90 Å². The van der Waals surface area contributed by atoms with Crippen molar-refractivity contribution in [2.75, 3.05) is 6.61 Å². The molecule has 0 unspecified atom stereocenters. The third-order valence-corrected chi connectivity index (χ3v) is 6.86. The smallest absolute Gasteiger partial charge is 0.310 e. The number of benzene rings is 1. The normalized spacial score (nSPS) is 11.7. The van der Waals surface area contributed by atoms with Crippen molar-refractivity contribution in [3.63, 3.8) is 0 Å². The molecule has 0 aliphatic heterocycles. The molecule has 0 saturated carbocycles. The lowest BCUT2D eigenvalue weighted by Crippen LogP contribution is -2.14. The molecule has 3 heteroatoms. The Morgan fingerprint density at radius 1 is 0.765 bits per heavy atom. The average molecular weight is 475 g/mol. The highest BCUT2D eigenvalue weighted by Crippen LogP contribution is 2.33. The van der Waals surface area contributed by atoms with Crippen LogP contribution in [0.4, 0.5) is 0 Å². The molecule has 1 N–H and O–H groups in total. The molecular formula is C31H54O3. The van der Waals surface area contributed by atoms with E-state index in [-0.39, 0.29) is 23.6 Å². The van der Waals surface area contributed by atoms with Crippen molar-refractivity contribution in [2.24, 2.45) is 0 Å². The van der Waals surface area contributed by atoms with Gasteiger partial charge in [-0.1, -0.05) is 130 Å². The van der Waals surface area contributed by atoms with Gasteiger partial charge in [0.15, 0.2) is 0 Å². The third kappa shape index (κ3) is 14.0. The van der Waals surface area contributed by atoms with Crippen LogP contribution in [0, 0.1) is 6.92 Å². The van der Waals surface area contributed by atoms with E-state index < -0.39 is 0 Å². The first-order chi connectivity index (χ1) is 16.3. The van der Waals surface area contributed by atoms with Gasteiger partial charge in [-0.05, 0) is 41.5 Å². The molecule has 1 rings (SSSR count). The molecule has 0 radical (unpaired) electrons. The van der Waals surface area contributed by atoms with Gasteiger partial charge in [-0.3, -0.25) is 4.79 Å². The monoisotopic (exact) mass is 474 g/mol. The lowest BCUT2D eigenvalue weighted by atomic mass is 9.84. The highest BCUT2D eigenvalue weighted by molar-refractivity contribution is 5.73. The number of unbranched alkanes of at least 4 members (excludes halogenated alkanes) is 15. The molecule has 0 spiro atoms. The van der Waals surface area contributed by atoms with Gasteiger partial charge in [-0.25, -0.2) is 0 Å². The maximum atomic E-state index is 12.2. The number of hydrogen-bond donors (Lipinski definition) is 1. The SMILES string of the molecule is CCCCCCCCCCCCCCCCCCOC(=O)Cc1cc(O)c(C(C)(C)C)cc1C. The van der Waals surface area contributed by atoms with Gasteiger partial charge in [-0.15, -0.1) is 0 Å². The van der Waals surface area contributed by atoms with Crippen molar-refractivity contribution < 1.29 is 14.6 Å². The third-order valence-electron chi connectivity index (χ3n) is 6.86. The van der Waals surface area contributed by atoms with E-state index >= 15 is 0 Å². The largest absolute Gasteiger partial charge is 0.508 e. The number of carbonyl (C=O) groups excluding carboxylic acids is 1. The Hall–Kier alpha value is -1.51. The maximum absolute atomic E-state index is 12.2. The number of hydrogen-bond acceptors (Lipinski definition) is 3. The van der Waals surface area contributed by atoms with Gasteiger partial charge in [0, 0.05) is 0 Å². The van der Waals surface area contributed by atoms with Crippen molar-refractivity contribution in [1.82, 2.24) is 0 Å². The molecule has 0 aliphatic carbocycles. The summed E-state index contributed by atoms with van der Waals surface area (Å²) in [5.74, 6) is 0.0608. The van der Waals surface area contributed by atoms with Crippen LogP contribution in [0.2, 0.25) is 0 Å². The van der Waals surface area contributed by atoms with Crippen molar-refractivity contribution in [2.45, 2.75) is 149 Å². The van der Waals surface area contributed by atoms with Gasteiger partial charge in [0.25, 0.3) is 0 Å². The number of aromatic hydroxyl groups is 1. The summed E-state index contributed by atoms with van der Waals surface area (Å²) in [6.07, 6.45) is 21.6. The van der Waals surface area contributed by atoms with Crippen LogP contribution >= 0.6 is 0 Å². The fourth-order valence-electron chi connectivity index (χ4n) is 4.57. The van der Waals surface area contributed by atoms with Crippen LogP contribution in [0.25, 0.3) is 0 Å². The molecule has 34 heavy (non-hydrogen) atoms. The number of rotatable bonds is 19. The number of phenols is 1. The predicted octanol–water partition coefficient (Wildman–Crippen LogP) is 9.35. The van der Waals surface area contributed by atoms with Gasteiger partial charge in [0.1, 0.15) is 5.75 Å². The summed E-state index contributed by atoms with van der Waals surface area (Å²) in [6, 6.07) is 3.72. The van der Waals surface area contributed by atoms with Crippen LogP contribution in [0.15, 0.2) is 12.1 Å². The van der Waals surface area contributed by atoms with Gasteiger partial charge >= 0.3 is 5.97 Å². The van der Waals surface area contributed by atoms with Gasteiger partial charge in [-0.2, -0.15) is 0 Å². The highest BCUT2D eigenvalue weighted by Gasteiger charge is 2.20. The molecule has 1 aromatic rings. The van der Waals surface area contributed by atoms with E-state index in [1.807, 2.05) is 13.0 Å². The summed E-state index contributed by atoms with van der Waals surface area (Å²) in [4.78, 5) is 12.2. The quantitative estimate of drug-likeness (QED) is 0.160. The second-order valence-electron chi connectivity index (χ2n) is 11.2. The summed E-state index contributed by atoms with van der Waals surface area (Å²) in [5, 5.41) is 10.3. The Kier molecular flexibility index (Phi) is 16.0. The van der Waals surface area contributed by atoms with Crippen LogP contribution in [0.1, 0.15) is 147 Å². The molecule has 3 nitrogen and oxygen atoms in total. The minimum Gasteiger partial charge on any atom is -0.508 e. The fourth-order valence-corrected chi connectivity index (χ4v) is 4.57.